The Balaban J connectivity index is 1.61. The number of rotatable bonds is 4. The van der Waals surface area contributed by atoms with Gasteiger partial charge < -0.3 is 14.4 Å². The molecule has 1 aliphatic carbocycles. The highest BCUT2D eigenvalue weighted by Crippen LogP contribution is 2.52. The summed E-state index contributed by atoms with van der Waals surface area (Å²) >= 11 is 0. The summed E-state index contributed by atoms with van der Waals surface area (Å²) in [6, 6.07) is 3.79. The first-order valence-electron chi connectivity index (χ1n) is 10.9. The lowest BCUT2D eigenvalue weighted by Crippen LogP contribution is -2.43. The molecule has 4 rings (SSSR count). The third-order valence-electron chi connectivity index (χ3n) is 7.42. The van der Waals surface area contributed by atoms with Gasteiger partial charge in [0.05, 0.1) is 23.1 Å². The molecule has 30 heavy (non-hydrogen) atoms. The standard InChI is InChI=1S/C23H35N3O3Si/c1-13-9-15(14(2)27)19-16(10-13)21(28)25(6)22(24-19)26-11-17-18(12-26)20(17)29-30(7,8)23(3,4)5/h9-10,14,17-18,20,27H,11-12H2,1-8H3/t14?,17-,18+,20?. The molecule has 2 heterocycles. The van der Waals surface area contributed by atoms with E-state index in [4.69, 9.17) is 9.41 Å². The molecular formula is C23H35N3O3Si. The van der Waals surface area contributed by atoms with Crippen molar-refractivity contribution in [3.05, 3.63) is 33.6 Å². The molecule has 1 saturated heterocycles. The van der Waals surface area contributed by atoms with Crippen LogP contribution < -0.4 is 10.5 Å². The number of aryl methyl sites for hydroxylation is 1. The number of aromatic nitrogens is 2. The second-order valence-electron chi connectivity index (χ2n) is 10.8. The molecule has 1 aromatic carbocycles. The van der Waals surface area contributed by atoms with Crippen molar-refractivity contribution in [2.45, 2.75) is 65.0 Å². The van der Waals surface area contributed by atoms with Gasteiger partial charge in [0.15, 0.2) is 8.32 Å². The Morgan fingerprint density at radius 2 is 1.83 bits per heavy atom. The first-order valence-corrected chi connectivity index (χ1v) is 13.8. The average Bonchev–Trinajstić information content (AvgIpc) is 3.06. The minimum Gasteiger partial charge on any atom is -0.413 e. The smallest absolute Gasteiger partial charge is 0.262 e. The maximum absolute atomic E-state index is 13.1. The molecule has 4 atom stereocenters. The molecule has 1 aromatic heterocycles. The van der Waals surface area contributed by atoms with Crippen LogP contribution in [0.3, 0.4) is 0 Å². The van der Waals surface area contributed by atoms with Crippen molar-refractivity contribution in [3.8, 4) is 0 Å². The fourth-order valence-corrected chi connectivity index (χ4v) is 5.85. The lowest BCUT2D eigenvalue weighted by Gasteiger charge is -2.37. The molecule has 0 amide bonds. The second-order valence-corrected chi connectivity index (χ2v) is 15.5. The molecule has 0 spiro atoms. The third-order valence-corrected chi connectivity index (χ3v) is 11.9. The van der Waals surface area contributed by atoms with Gasteiger partial charge in [-0.3, -0.25) is 9.36 Å². The van der Waals surface area contributed by atoms with Crippen LogP contribution in [0.5, 0.6) is 0 Å². The number of anilines is 1. The number of hydrogen-bond acceptors (Lipinski definition) is 5. The summed E-state index contributed by atoms with van der Waals surface area (Å²) in [6.45, 7) is 16.9. The van der Waals surface area contributed by atoms with E-state index < -0.39 is 14.4 Å². The number of aliphatic hydroxyl groups excluding tert-OH is 1. The van der Waals surface area contributed by atoms with Crippen molar-refractivity contribution in [2.75, 3.05) is 18.0 Å². The van der Waals surface area contributed by atoms with E-state index in [1.807, 2.05) is 19.1 Å². The predicted molar refractivity (Wildman–Crippen MR) is 124 cm³/mol. The number of nitrogens with zero attached hydrogens (tertiary/aromatic N) is 3. The van der Waals surface area contributed by atoms with Crippen LogP contribution in [0.2, 0.25) is 18.1 Å². The largest absolute Gasteiger partial charge is 0.413 e. The van der Waals surface area contributed by atoms with Crippen molar-refractivity contribution < 1.29 is 9.53 Å². The predicted octanol–water partition coefficient (Wildman–Crippen LogP) is 3.75. The second kappa shape index (κ2) is 6.90. The number of benzene rings is 1. The molecule has 1 aliphatic heterocycles. The number of piperidine rings is 1. The van der Waals surface area contributed by atoms with E-state index >= 15 is 0 Å². The Labute approximate surface area is 180 Å². The van der Waals surface area contributed by atoms with Crippen molar-refractivity contribution >= 4 is 25.2 Å². The summed E-state index contributed by atoms with van der Waals surface area (Å²) in [5.41, 5.74) is 2.23. The zero-order chi connectivity index (χ0) is 22.2. The fraction of sp³-hybridized carbons (Fsp3) is 0.652. The van der Waals surface area contributed by atoms with Crippen LogP contribution in [0.15, 0.2) is 16.9 Å². The van der Waals surface area contributed by atoms with E-state index in [0.717, 1.165) is 18.7 Å². The SMILES string of the molecule is Cc1cc(C(C)O)c2nc(N3C[C@@H]4C(O[Si](C)(C)C(C)(C)C)[C@@H]4C3)n(C)c(=O)c2c1. The van der Waals surface area contributed by atoms with Gasteiger partial charge in [0, 0.05) is 37.5 Å². The Morgan fingerprint density at radius 1 is 1.23 bits per heavy atom. The van der Waals surface area contributed by atoms with Crippen LogP contribution in [0.1, 0.15) is 44.9 Å². The van der Waals surface area contributed by atoms with Gasteiger partial charge in [0.1, 0.15) is 0 Å². The van der Waals surface area contributed by atoms with Crippen LogP contribution in [0.4, 0.5) is 5.95 Å². The zero-order valence-electron chi connectivity index (χ0n) is 19.5. The highest BCUT2D eigenvalue weighted by Gasteiger charge is 2.59. The molecule has 6 nitrogen and oxygen atoms in total. The van der Waals surface area contributed by atoms with Crippen molar-refractivity contribution in [2.24, 2.45) is 18.9 Å². The maximum atomic E-state index is 13.1. The Hall–Kier alpha value is -1.70. The normalized spacial score (nSPS) is 25.0. The van der Waals surface area contributed by atoms with Crippen molar-refractivity contribution in [1.29, 1.82) is 0 Å². The molecule has 1 N–H and O–H groups in total. The highest BCUT2D eigenvalue weighted by atomic mass is 28.4. The van der Waals surface area contributed by atoms with Gasteiger partial charge in [0.2, 0.25) is 5.95 Å². The van der Waals surface area contributed by atoms with Gasteiger partial charge in [-0.1, -0.05) is 26.8 Å². The molecule has 0 radical (unpaired) electrons. The molecule has 7 heteroatoms. The van der Waals surface area contributed by atoms with E-state index in [1.165, 1.54) is 0 Å². The lowest BCUT2D eigenvalue weighted by atomic mass is 10.0. The summed E-state index contributed by atoms with van der Waals surface area (Å²) in [4.78, 5) is 20.2. The topological polar surface area (TPSA) is 67.6 Å². The van der Waals surface area contributed by atoms with Crippen LogP contribution in [0.25, 0.3) is 10.9 Å². The highest BCUT2D eigenvalue weighted by molar-refractivity contribution is 6.74. The summed E-state index contributed by atoms with van der Waals surface area (Å²) in [6.07, 6.45) is -0.329. The quantitative estimate of drug-likeness (QED) is 0.750. The van der Waals surface area contributed by atoms with Crippen LogP contribution in [-0.2, 0) is 11.5 Å². The van der Waals surface area contributed by atoms with E-state index in [0.29, 0.717) is 40.4 Å². The molecule has 2 fully saturated rings. The van der Waals surface area contributed by atoms with Crippen LogP contribution in [0, 0.1) is 18.8 Å². The van der Waals surface area contributed by atoms with Gasteiger partial charge in [-0.25, -0.2) is 4.98 Å². The molecule has 2 unspecified atom stereocenters. The number of aliphatic hydroxyl groups is 1. The Morgan fingerprint density at radius 3 is 2.37 bits per heavy atom. The van der Waals surface area contributed by atoms with Crippen LogP contribution >= 0.6 is 0 Å². The zero-order valence-corrected chi connectivity index (χ0v) is 20.5. The van der Waals surface area contributed by atoms with Crippen molar-refractivity contribution in [3.63, 3.8) is 0 Å². The van der Waals surface area contributed by atoms with Gasteiger partial charge in [-0.15, -0.1) is 0 Å². The van der Waals surface area contributed by atoms with Gasteiger partial charge in [0.25, 0.3) is 5.56 Å². The monoisotopic (exact) mass is 429 g/mol. The molecule has 1 saturated carbocycles. The van der Waals surface area contributed by atoms with Gasteiger partial charge in [-0.05, 0) is 43.6 Å². The van der Waals surface area contributed by atoms with Gasteiger partial charge in [-0.2, -0.15) is 0 Å². The van der Waals surface area contributed by atoms with E-state index in [-0.39, 0.29) is 10.6 Å². The Bertz CT molecular complexity index is 1040. The van der Waals surface area contributed by atoms with E-state index in [2.05, 4.69) is 38.8 Å². The first kappa shape index (κ1) is 21.5. The first-order chi connectivity index (χ1) is 13.8. The summed E-state index contributed by atoms with van der Waals surface area (Å²) in [7, 11) is 0.0222. The molecule has 2 aliphatic rings. The maximum Gasteiger partial charge on any atom is 0.262 e. The Kier molecular flexibility index (Phi) is 4.95. The van der Waals surface area contributed by atoms with Crippen molar-refractivity contribution in [1.82, 2.24) is 9.55 Å². The summed E-state index contributed by atoms with van der Waals surface area (Å²) in [5, 5.41) is 11.0. The molecule has 164 valence electrons. The summed E-state index contributed by atoms with van der Waals surface area (Å²) in [5.74, 6) is 1.72. The number of fused-ring (bicyclic) bond motifs is 2. The van der Waals surface area contributed by atoms with E-state index in [1.54, 1.807) is 18.5 Å². The number of hydrogen-bond donors (Lipinski definition) is 1. The molecular weight excluding hydrogens is 394 g/mol. The average molecular weight is 430 g/mol. The molecule has 0 bridgehead atoms. The summed E-state index contributed by atoms with van der Waals surface area (Å²) < 4.78 is 8.30. The minimum absolute atomic E-state index is 0.0600. The lowest BCUT2D eigenvalue weighted by molar-refractivity contribution is 0.200. The molecule has 2 aromatic rings. The van der Waals surface area contributed by atoms with Crippen LogP contribution in [-0.4, -0.2) is 42.2 Å². The minimum atomic E-state index is -1.77. The fourth-order valence-electron chi connectivity index (χ4n) is 4.47. The third kappa shape index (κ3) is 3.41. The van der Waals surface area contributed by atoms with Gasteiger partial charge >= 0.3 is 0 Å². The van der Waals surface area contributed by atoms with E-state index in [9.17, 15) is 9.90 Å².